The topological polar surface area (TPSA) is 102 Å². The lowest BCUT2D eigenvalue weighted by atomic mass is 10.2. The van der Waals surface area contributed by atoms with Crippen molar-refractivity contribution in [2.75, 3.05) is 7.05 Å². The number of hydrogen-bond acceptors (Lipinski definition) is 6. The van der Waals surface area contributed by atoms with E-state index in [-0.39, 0.29) is 19.1 Å². The summed E-state index contributed by atoms with van der Waals surface area (Å²) in [6.45, 7) is 10.4. The van der Waals surface area contributed by atoms with Gasteiger partial charge in [-0.15, -0.1) is 0 Å². The number of ether oxygens (including phenoxy) is 1. The normalized spacial score (nSPS) is 11.1. The summed E-state index contributed by atoms with van der Waals surface area (Å²) in [6, 6.07) is 0. The Labute approximate surface area is 166 Å². The molecule has 1 N–H and O–H groups in total. The van der Waals surface area contributed by atoms with Crippen molar-refractivity contribution in [3.05, 3.63) is 36.4 Å². The van der Waals surface area contributed by atoms with Gasteiger partial charge in [0.25, 0.3) is 0 Å². The van der Waals surface area contributed by atoms with Crippen LogP contribution in [0.5, 0.6) is 0 Å². The average Bonchev–Trinajstić information content (AvgIpc) is 3.17. The Morgan fingerprint density at radius 2 is 1.50 bits per heavy atom. The Morgan fingerprint density at radius 3 is 1.93 bits per heavy atom. The molecule has 0 bridgehead atoms. The maximum absolute atomic E-state index is 12.0. The second-order valence-corrected chi connectivity index (χ2v) is 7.10. The molecule has 9 heteroatoms. The molecule has 9 nitrogen and oxygen atoms in total. The highest BCUT2D eigenvalue weighted by Crippen LogP contribution is 2.10. The molecule has 0 aromatic carbocycles. The second-order valence-electron chi connectivity index (χ2n) is 7.10. The zero-order valence-corrected chi connectivity index (χ0v) is 17.5. The molecule has 0 saturated heterocycles. The monoisotopic (exact) mass is 393 g/mol. The van der Waals surface area contributed by atoms with Gasteiger partial charge in [0.2, 0.25) is 0 Å². The van der Waals surface area contributed by atoms with Crippen molar-refractivity contribution >= 4 is 11.9 Å². The zero-order valence-electron chi connectivity index (χ0n) is 17.5. The van der Waals surface area contributed by atoms with Crippen LogP contribution in [-0.4, -0.2) is 53.7 Å². The molecular weight excluding hydrogens is 362 g/mol. The lowest BCUT2D eigenvalue weighted by molar-refractivity contribution is -0.155. The van der Waals surface area contributed by atoms with Gasteiger partial charge in [0.15, 0.2) is 0 Å². The van der Waals surface area contributed by atoms with Crippen molar-refractivity contribution < 1.29 is 19.4 Å². The summed E-state index contributed by atoms with van der Waals surface area (Å²) in [7, 11) is 1.88. The number of hydrogen-bond donors (Lipinski definition) is 1. The van der Waals surface area contributed by atoms with Gasteiger partial charge in [-0.25, -0.2) is 9.97 Å². The van der Waals surface area contributed by atoms with E-state index in [0.29, 0.717) is 18.9 Å². The molecule has 2 heterocycles. The molecular formula is C19H31N5O4. The number of carboxylic acid groups (broad SMARTS) is 1. The van der Waals surface area contributed by atoms with Gasteiger partial charge in [-0.1, -0.05) is 13.8 Å². The number of imidazole rings is 2. The third-order valence-electron chi connectivity index (χ3n) is 3.45. The van der Waals surface area contributed by atoms with Crippen LogP contribution in [0.4, 0.5) is 0 Å². The number of carbonyl (C=O) groups is 2. The van der Waals surface area contributed by atoms with Gasteiger partial charge >= 0.3 is 11.9 Å². The van der Waals surface area contributed by atoms with E-state index in [0.717, 1.165) is 5.82 Å². The molecule has 0 amide bonds. The molecule has 0 fully saturated rings. The molecule has 0 aliphatic carbocycles. The van der Waals surface area contributed by atoms with Gasteiger partial charge in [-0.3, -0.25) is 14.5 Å². The van der Waals surface area contributed by atoms with Crippen LogP contribution in [0.25, 0.3) is 0 Å². The van der Waals surface area contributed by atoms with Crippen LogP contribution in [0, 0.1) is 0 Å². The highest BCUT2D eigenvalue weighted by atomic mass is 16.6. The summed E-state index contributed by atoms with van der Waals surface area (Å²) in [6.07, 6.45) is 6.59. The first-order chi connectivity index (χ1) is 13.1. The van der Waals surface area contributed by atoms with E-state index < -0.39 is 11.6 Å². The fraction of sp³-hybridized carbons (Fsp3) is 0.579. The summed E-state index contributed by atoms with van der Waals surface area (Å²) < 4.78 is 8.67. The van der Waals surface area contributed by atoms with Crippen LogP contribution in [-0.2, 0) is 40.5 Å². The fourth-order valence-corrected chi connectivity index (χ4v) is 2.47. The highest BCUT2D eigenvalue weighted by molar-refractivity contribution is 5.69. The minimum atomic E-state index is -0.917. The molecule has 2 aromatic rings. The summed E-state index contributed by atoms with van der Waals surface area (Å²) in [4.78, 5) is 33.4. The van der Waals surface area contributed by atoms with Crippen LogP contribution in [0.15, 0.2) is 24.8 Å². The van der Waals surface area contributed by atoms with Gasteiger partial charge < -0.3 is 19.0 Å². The Hall–Kier alpha value is -2.68. The average molecular weight is 393 g/mol. The first-order valence-electron chi connectivity index (χ1n) is 9.26. The molecule has 0 aliphatic heterocycles. The Balaban J connectivity index is 0.00000190. The molecule has 0 radical (unpaired) electrons. The maximum atomic E-state index is 12.0. The van der Waals surface area contributed by atoms with E-state index in [1.165, 1.54) is 0 Å². The van der Waals surface area contributed by atoms with E-state index in [2.05, 4.69) is 9.97 Å². The van der Waals surface area contributed by atoms with Crippen molar-refractivity contribution in [2.45, 2.75) is 66.4 Å². The Bertz CT molecular complexity index is 760. The van der Waals surface area contributed by atoms with E-state index in [1.807, 2.05) is 46.6 Å². The largest absolute Gasteiger partial charge is 0.480 e. The first-order valence-corrected chi connectivity index (χ1v) is 9.26. The van der Waals surface area contributed by atoms with Crippen LogP contribution in [0.3, 0.4) is 0 Å². The standard InChI is InChI=1S/C17H25N5O4.C2H6/c1-17(2,3)26-16(25)12-22-8-6-19-14(22)10-20(4)9-13-18-5-7-21(13)11-15(23)24;1-2/h5-8H,9-12H2,1-4H3,(H,23,24);1-2H3. The second kappa shape index (κ2) is 10.6. The molecule has 28 heavy (non-hydrogen) atoms. The van der Waals surface area contributed by atoms with Gasteiger partial charge in [0, 0.05) is 24.8 Å². The van der Waals surface area contributed by atoms with Gasteiger partial charge in [0.05, 0.1) is 13.1 Å². The van der Waals surface area contributed by atoms with Crippen molar-refractivity contribution in [1.29, 1.82) is 0 Å². The number of nitrogens with zero attached hydrogens (tertiary/aromatic N) is 5. The number of carbonyl (C=O) groups excluding carboxylic acids is 1. The molecule has 0 saturated carbocycles. The van der Waals surface area contributed by atoms with Crippen molar-refractivity contribution in [3.8, 4) is 0 Å². The van der Waals surface area contributed by atoms with E-state index in [4.69, 9.17) is 9.84 Å². The summed E-state index contributed by atoms with van der Waals surface area (Å²) in [5.74, 6) is 0.131. The molecule has 0 unspecified atom stereocenters. The van der Waals surface area contributed by atoms with Crippen molar-refractivity contribution in [3.63, 3.8) is 0 Å². The Morgan fingerprint density at radius 1 is 1.04 bits per heavy atom. The zero-order chi connectivity index (χ0) is 21.3. The maximum Gasteiger partial charge on any atom is 0.326 e. The quantitative estimate of drug-likeness (QED) is 0.686. The minimum Gasteiger partial charge on any atom is -0.480 e. The fourth-order valence-electron chi connectivity index (χ4n) is 2.47. The predicted molar refractivity (Wildman–Crippen MR) is 104 cm³/mol. The van der Waals surface area contributed by atoms with Crippen molar-refractivity contribution in [1.82, 2.24) is 24.0 Å². The number of aliphatic carboxylic acids is 1. The Kier molecular flexibility index (Phi) is 8.84. The van der Waals surface area contributed by atoms with Gasteiger partial charge in [-0.05, 0) is 27.8 Å². The summed E-state index contributed by atoms with van der Waals surface area (Å²) in [5, 5.41) is 8.93. The van der Waals surface area contributed by atoms with Crippen molar-refractivity contribution in [2.24, 2.45) is 0 Å². The molecule has 0 aliphatic rings. The van der Waals surface area contributed by atoms with Crippen LogP contribution in [0.1, 0.15) is 46.3 Å². The molecule has 2 aromatic heterocycles. The third kappa shape index (κ3) is 7.91. The lowest BCUT2D eigenvalue weighted by Gasteiger charge is -2.21. The van der Waals surface area contributed by atoms with Crippen LogP contribution >= 0.6 is 0 Å². The molecule has 0 atom stereocenters. The van der Waals surface area contributed by atoms with Gasteiger partial charge in [-0.2, -0.15) is 0 Å². The van der Waals surface area contributed by atoms with E-state index >= 15 is 0 Å². The number of rotatable bonds is 8. The number of aromatic nitrogens is 4. The van der Waals surface area contributed by atoms with Crippen LogP contribution in [0.2, 0.25) is 0 Å². The number of carboxylic acids is 1. The predicted octanol–water partition coefficient (Wildman–Crippen LogP) is 2.16. The summed E-state index contributed by atoms with van der Waals surface area (Å²) >= 11 is 0. The minimum absolute atomic E-state index is 0.0914. The molecule has 156 valence electrons. The van der Waals surface area contributed by atoms with Crippen LogP contribution < -0.4 is 0 Å². The third-order valence-corrected chi connectivity index (χ3v) is 3.45. The van der Waals surface area contributed by atoms with Gasteiger partial charge in [0.1, 0.15) is 30.3 Å². The number of esters is 1. The SMILES string of the molecule is CC.CN(Cc1nccn1CC(=O)O)Cc1nccn1CC(=O)OC(C)(C)C. The first kappa shape index (κ1) is 23.4. The smallest absolute Gasteiger partial charge is 0.326 e. The van der Waals surface area contributed by atoms with E-state index in [9.17, 15) is 9.59 Å². The highest BCUT2D eigenvalue weighted by Gasteiger charge is 2.18. The lowest BCUT2D eigenvalue weighted by Crippen LogP contribution is -2.28. The summed E-state index contributed by atoms with van der Waals surface area (Å²) in [5.41, 5.74) is -0.532. The molecule has 0 spiro atoms. The molecule has 2 rings (SSSR count). The van der Waals surface area contributed by atoms with E-state index in [1.54, 1.807) is 33.9 Å².